The van der Waals surface area contributed by atoms with Crippen molar-refractivity contribution < 1.29 is 4.74 Å². The van der Waals surface area contributed by atoms with Gasteiger partial charge in [-0.1, -0.05) is 36.4 Å². The summed E-state index contributed by atoms with van der Waals surface area (Å²) in [5.41, 5.74) is 4.15. The highest BCUT2D eigenvalue weighted by Crippen LogP contribution is 2.35. The van der Waals surface area contributed by atoms with Gasteiger partial charge in [-0.3, -0.25) is 0 Å². The summed E-state index contributed by atoms with van der Waals surface area (Å²) in [4.78, 5) is 10.6. The van der Waals surface area contributed by atoms with Crippen molar-refractivity contribution in [2.24, 2.45) is 0 Å². The molecule has 0 atom stereocenters. The van der Waals surface area contributed by atoms with Gasteiger partial charge in [0.05, 0.1) is 12.0 Å². The van der Waals surface area contributed by atoms with Crippen LogP contribution in [0.25, 0.3) is 27.8 Å². The van der Waals surface area contributed by atoms with E-state index < -0.39 is 0 Å². The number of hydrogen-bond acceptors (Lipinski definition) is 5. The molecule has 5 aromatic rings. The summed E-state index contributed by atoms with van der Waals surface area (Å²) in [5.74, 6) is 1.72. The Bertz CT molecular complexity index is 1300. The number of nitrogens with one attached hydrogen (secondary N) is 1. The molecule has 0 aliphatic rings. The molecule has 3 heterocycles. The van der Waals surface area contributed by atoms with Gasteiger partial charge in [-0.05, 0) is 54.6 Å². The van der Waals surface area contributed by atoms with E-state index in [9.17, 15) is 0 Å². The van der Waals surface area contributed by atoms with Crippen molar-refractivity contribution in [2.45, 2.75) is 13.3 Å². The molecule has 32 heavy (non-hydrogen) atoms. The molecule has 160 valence electrons. The molecule has 0 bridgehead atoms. The van der Waals surface area contributed by atoms with E-state index in [0.717, 1.165) is 52.4 Å². The second-order valence-electron chi connectivity index (χ2n) is 7.38. The summed E-state index contributed by atoms with van der Waals surface area (Å²) in [7, 11) is 0. The molecule has 0 radical (unpaired) electrons. The Morgan fingerprint density at radius 3 is 2.56 bits per heavy atom. The second kappa shape index (κ2) is 9.24. The minimum Gasteiger partial charge on any atom is -0.494 e. The lowest BCUT2D eigenvalue weighted by molar-refractivity contribution is 0.340. The van der Waals surface area contributed by atoms with Gasteiger partial charge < -0.3 is 14.6 Å². The lowest BCUT2D eigenvalue weighted by Crippen LogP contribution is -2.06. The second-order valence-corrected chi connectivity index (χ2v) is 8.41. The maximum atomic E-state index is 5.61. The number of rotatable bonds is 8. The topological polar surface area (TPSA) is 52.0 Å². The molecule has 3 aromatic heterocycles. The van der Waals surface area contributed by atoms with Crippen LogP contribution in [0.3, 0.4) is 0 Å². The van der Waals surface area contributed by atoms with Crippen LogP contribution in [0.2, 0.25) is 0 Å². The quantitative estimate of drug-likeness (QED) is 0.312. The number of thiophene rings is 1. The summed E-state index contributed by atoms with van der Waals surface area (Å²) >= 11 is 1.78. The molecule has 6 heteroatoms. The Morgan fingerprint density at radius 1 is 0.969 bits per heavy atom. The zero-order valence-corrected chi connectivity index (χ0v) is 18.7. The fraction of sp³-hybridized carbons (Fsp3) is 0.154. The average Bonchev–Trinajstić information content (AvgIpc) is 3.49. The fourth-order valence-electron chi connectivity index (χ4n) is 3.86. The van der Waals surface area contributed by atoms with Gasteiger partial charge in [-0.15, -0.1) is 11.3 Å². The summed E-state index contributed by atoms with van der Waals surface area (Å²) in [6.45, 7) is 3.45. The Balaban J connectivity index is 1.57. The molecule has 0 saturated carbocycles. The highest BCUT2D eigenvalue weighted by atomic mass is 32.1. The highest BCUT2D eigenvalue weighted by molar-refractivity contribution is 7.09. The van der Waals surface area contributed by atoms with E-state index in [0.29, 0.717) is 6.61 Å². The first-order valence-corrected chi connectivity index (χ1v) is 11.6. The number of anilines is 1. The number of ether oxygens (including phenoxy) is 1. The highest BCUT2D eigenvalue weighted by Gasteiger charge is 2.17. The Morgan fingerprint density at radius 2 is 1.81 bits per heavy atom. The molecular weight excluding hydrogens is 416 g/mol. The third-order valence-corrected chi connectivity index (χ3v) is 6.27. The number of benzene rings is 2. The van der Waals surface area contributed by atoms with E-state index in [4.69, 9.17) is 4.74 Å². The van der Waals surface area contributed by atoms with Gasteiger partial charge in [0.1, 0.15) is 17.9 Å². The van der Waals surface area contributed by atoms with Crippen molar-refractivity contribution in [3.63, 3.8) is 0 Å². The fourth-order valence-corrected chi connectivity index (χ4v) is 4.57. The molecular formula is C26H24N4OS. The molecule has 5 rings (SSSR count). The maximum absolute atomic E-state index is 5.61. The van der Waals surface area contributed by atoms with Crippen LogP contribution in [-0.2, 0) is 6.42 Å². The van der Waals surface area contributed by atoms with Gasteiger partial charge in [-0.2, -0.15) is 0 Å². The molecule has 0 aliphatic heterocycles. The van der Waals surface area contributed by atoms with Crippen LogP contribution in [0.5, 0.6) is 5.75 Å². The predicted octanol–water partition coefficient (Wildman–Crippen LogP) is 6.20. The standard InChI is InChI=1S/C26H24N4OS/c1-2-31-21-12-10-20(11-13-21)30-17-23(19-7-4-3-5-8-19)24-25(28-18-29-26(24)30)27-15-14-22-9-6-16-32-22/h3-13,16-18H,2,14-15H2,1H3,(H,27,28,29). The summed E-state index contributed by atoms with van der Waals surface area (Å²) in [6.07, 6.45) is 4.74. The van der Waals surface area contributed by atoms with E-state index in [2.05, 4.69) is 80.0 Å². The van der Waals surface area contributed by atoms with Crippen molar-refractivity contribution in [3.8, 4) is 22.6 Å². The smallest absolute Gasteiger partial charge is 0.150 e. The van der Waals surface area contributed by atoms with E-state index in [1.54, 1.807) is 17.7 Å². The van der Waals surface area contributed by atoms with Crippen molar-refractivity contribution in [3.05, 3.63) is 89.5 Å². The van der Waals surface area contributed by atoms with Crippen LogP contribution in [0.4, 0.5) is 5.82 Å². The first kappa shape index (κ1) is 20.3. The number of fused-ring (bicyclic) bond motifs is 1. The van der Waals surface area contributed by atoms with Gasteiger partial charge in [0.15, 0.2) is 5.65 Å². The van der Waals surface area contributed by atoms with Gasteiger partial charge in [-0.25, -0.2) is 9.97 Å². The average molecular weight is 441 g/mol. The largest absolute Gasteiger partial charge is 0.494 e. The Hall–Kier alpha value is -3.64. The number of hydrogen-bond donors (Lipinski definition) is 1. The molecule has 1 N–H and O–H groups in total. The van der Waals surface area contributed by atoms with E-state index in [1.807, 2.05) is 25.1 Å². The molecule has 0 fully saturated rings. The molecule has 0 aliphatic carbocycles. The van der Waals surface area contributed by atoms with Crippen LogP contribution >= 0.6 is 11.3 Å². The zero-order valence-electron chi connectivity index (χ0n) is 17.9. The lowest BCUT2D eigenvalue weighted by Gasteiger charge is -2.09. The first-order valence-electron chi connectivity index (χ1n) is 10.7. The Labute approximate surface area is 191 Å². The van der Waals surface area contributed by atoms with Crippen molar-refractivity contribution in [2.75, 3.05) is 18.5 Å². The first-order chi connectivity index (χ1) is 15.8. The van der Waals surface area contributed by atoms with E-state index >= 15 is 0 Å². The van der Waals surface area contributed by atoms with Gasteiger partial charge >= 0.3 is 0 Å². The van der Waals surface area contributed by atoms with Crippen LogP contribution in [0, 0.1) is 0 Å². The summed E-state index contributed by atoms with van der Waals surface area (Å²) in [6, 6.07) is 22.8. The van der Waals surface area contributed by atoms with Crippen molar-refractivity contribution in [1.82, 2.24) is 14.5 Å². The van der Waals surface area contributed by atoms with E-state index in [-0.39, 0.29) is 0 Å². The SMILES string of the molecule is CCOc1ccc(-n2cc(-c3ccccc3)c3c(NCCc4cccs4)ncnc32)cc1. The monoisotopic (exact) mass is 440 g/mol. The number of aromatic nitrogens is 3. The number of nitrogens with zero attached hydrogens (tertiary/aromatic N) is 3. The normalized spacial score (nSPS) is 11.0. The third-order valence-electron chi connectivity index (χ3n) is 5.34. The van der Waals surface area contributed by atoms with Crippen LogP contribution in [0.15, 0.2) is 84.6 Å². The molecule has 0 saturated heterocycles. The van der Waals surface area contributed by atoms with Crippen LogP contribution < -0.4 is 10.1 Å². The van der Waals surface area contributed by atoms with Gasteiger partial charge in [0.25, 0.3) is 0 Å². The van der Waals surface area contributed by atoms with Crippen LogP contribution in [0.1, 0.15) is 11.8 Å². The Kier molecular flexibility index (Phi) is 5.85. The molecule has 0 unspecified atom stereocenters. The minimum atomic E-state index is 0.650. The zero-order chi connectivity index (χ0) is 21.8. The van der Waals surface area contributed by atoms with Crippen molar-refractivity contribution in [1.29, 1.82) is 0 Å². The van der Waals surface area contributed by atoms with E-state index in [1.165, 1.54) is 4.88 Å². The summed E-state index contributed by atoms with van der Waals surface area (Å²) in [5, 5.41) is 6.69. The van der Waals surface area contributed by atoms with Crippen molar-refractivity contribution >= 4 is 28.2 Å². The van der Waals surface area contributed by atoms with Crippen LogP contribution in [-0.4, -0.2) is 27.7 Å². The summed E-state index contributed by atoms with van der Waals surface area (Å²) < 4.78 is 7.73. The third kappa shape index (κ3) is 4.09. The maximum Gasteiger partial charge on any atom is 0.150 e. The molecule has 0 amide bonds. The molecule has 5 nitrogen and oxygen atoms in total. The molecule has 0 spiro atoms. The van der Waals surface area contributed by atoms with Gasteiger partial charge in [0.2, 0.25) is 0 Å². The lowest BCUT2D eigenvalue weighted by atomic mass is 10.1. The van der Waals surface area contributed by atoms with Gasteiger partial charge in [0, 0.05) is 28.9 Å². The predicted molar refractivity (Wildman–Crippen MR) is 132 cm³/mol. The minimum absolute atomic E-state index is 0.650. The molecule has 2 aromatic carbocycles.